The van der Waals surface area contributed by atoms with Gasteiger partial charge in [0.15, 0.2) is 11.5 Å². The summed E-state index contributed by atoms with van der Waals surface area (Å²) in [5.41, 5.74) is 0.684. The van der Waals surface area contributed by atoms with Gasteiger partial charge in [-0.25, -0.2) is 0 Å². The molecular formula is C11H12F2O2. The Kier molecular flexibility index (Phi) is 2.75. The van der Waals surface area contributed by atoms with Crippen LogP contribution in [0.3, 0.4) is 0 Å². The van der Waals surface area contributed by atoms with E-state index in [2.05, 4.69) is 0 Å². The number of ether oxygens (including phenoxy) is 2. The summed E-state index contributed by atoms with van der Waals surface area (Å²) in [4.78, 5) is 0. The summed E-state index contributed by atoms with van der Waals surface area (Å²) in [6.45, 7) is 1.91. The Balaban J connectivity index is 2.41. The van der Waals surface area contributed by atoms with Gasteiger partial charge in [0.2, 0.25) is 18.4 Å². The second-order valence-electron chi connectivity index (χ2n) is 3.50. The van der Waals surface area contributed by atoms with E-state index in [0.29, 0.717) is 12.0 Å². The van der Waals surface area contributed by atoms with Crippen molar-refractivity contribution in [1.82, 2.24) is 0 Å². The van der Waals surface area contributed by atoms with Crippen LogP contribution in [0.4, 0.5) is 8.78 Å². The van der Waals surface area contributed by atoms with Crippen molar-refractivity contribution in [2.75, 3.05) is 6.79 Å². The van der Waals surface area contributed by atoms with Crippen LogP contribution >= 0.6 is 0 Å². The second kappa shape index (κ2) is 4.04. The van der Waals surface area contributed by atoms with Gasteiger partial charge in [0.25, 0.3) is 0 Å². The third-order valence-corrected chi connectivity index (χ3v) is 2.42. The van der Waals surface area contributed by atoms with Gasteiger partial charge in [-0.15, -0.1) is 0 Å². The highest BCUT2D eigenvalue weighted by molar-refractivity contribution is 5.44. The molecule has 0 spiro atoms. The normalized spacial score (nSPS) is 13.3. The van der Waals surface area contributed by atoms with E-state index < -0.39 is 11.6 Å². The van der Waals surface area contributed by atoms with Gasteiger partial charge in [-0.05, 0) is 18.9 Å². The minimum Gasteiger partial charge on any atom is -0.454 e. The summed E-state index contributed by atoms with van der Waals surface area (Å²) in [7, 11) is 0. The van der Waals surface area contributed by atoms with E-state index in [1.165, 1.54) is 6.07 Å². The Morgan fingerprint density at radius 3 is 2.80 bits per heavy atom. The number of halogens is 2. The Hall–Kier alpha value is -1.32. The summed E-state index contributed by atoms with van der Waals surface area (Å²) in [6, 6.07) is 1.52. The Morgan fingerprint density at radius 1 is 1.27 bits per heavy atom. The van der Waals surface area contributed by atoms with Crippen molar-refractivity contribution in [3.63, 3.8) is 0 Å². The minimum atomic E-state index is -0.956. The van der Waals surface area contributed by atoms with Gasteiger partial charge >= 0.3 is 0 Å². The molecule has 2 bridgehead atoms. The smallest absolute Gasteiger partial charge is 0.231 e. The molecule has 0 N–H and O–H groups in total. The van der Waals surface area contributed by atoms with Gasteiger partial charge in [-0.1, -0.05) is 13.3 Å². The quantitative estimate of drug-likeness (QED) is 0.769. The van der Waals surface area contributed by atoms with E-state index in [4.69, 9.17) is 9.47 Å². The maximum atomic E-state index is 13.4. The van der Waals surface area contributed by atoms with Crippen LogP contribution in [0.25, 0.3) is 0 Å². The molecule has 0 atom stereocenters. The topological polar surface area (TPSA) is 18.5 Å². The molecule has 82 valence electrons. The molecule has 1 aromatic carbocycles. The summed E-state index contributed by atoms with van der Waals surface area (Å²) in [5.74, 6) is -1.94. The average Bonchev–Trinajstić information content (AvgIpc) is 2.51. The molecule has 4 heteroatoms. The molecule has 0 amide bonds. The maximum absolute atomic E-state index is 13.4. The molecule has 2 heterocycles. The number of fused-ring (bicyclic) bond motifs is 4. The largest absolute Gasteiger partial charge is 0.454 e. The van der Waals surface area contributed by atoms with Crippen molar-refractivity contribution in [2.45, 2.75) is 26.2 Å². The van der Waals surface area contributed by atoms with Crippen molar-refractivity contribution < 1.29 is 18.3 Å². The summed E-state index contributed by atoms with van der Waals surface area (Å²) < 4.78 is 36.6. The molecule has 0 fully saturated rings. The lowest BCUT2D eigenvalue weighted by Gasteiger charge is -2.06. The number of aryl methyl sites for hydroxylation is 1. The maximum Gasteiger partial charge on any atom is 0.231 e. The minimum absolute atomic E-state index is 0.00204. The summed E-state index contributed by atoms with van der Waals surface area (Å²) in [6.07, 6.45) is 2.59. The van der Waals surface area contributed by atoms with E-state index in [9.17, 15) is 8.78 Å². The predicted molar refractivity (Wildman–Crippen MR) is 51.1 cm³/mol. The molecule has 0 saturated heterocycles. The lowest BCUT2D eigenvalue weighted by molar-refractivity contribution is 0.122. The SMILES string of the molecule is CCCCc1cc2c(F)c(F)c1OCO2. The zero-order valence-electron chi connectivity index (χ0n) is 8.48. The lowest BCUT2D eigenvalue weighted by atomic mass is 10.1. The van der Waals surface area contributed by atoms with Gasteiger partial charge in [0, 0.05) is 5.56 Å². The van der Waals surface area contributed by atoms with E-state index in [0.717, 1.165) is 12.8 Å². The molecule has 1 aromatic rings. The molecule has 0 unspecified atom stereocenters. The number of hydrogen-bond acceptors (Lipinski definition) is 2. The first-order valence-electron chi connectivity index (χ1n) is 5.00. The van der Waals surface area contributed by atoms with Crippen LogP contribution in [0.5, 0.6) is 11.5 Å². The lowest BCUT2D eigenvalue weighted by Crippen LogP contribution is -2.02. The molecule has 0 radical (unpaired) electrons. The van der Waals surface area contributed by atoms with Gasteiger partial charge in [0.1, 0.15) is 0 Å². The van der Waals surface area contributed by atoms with Crippen LogP contribution in [-0.2, 0) is 6.42 Å². The second-order valence-corrected chi connectivity index (χ2v) is 3.50. The highest BCUT2D eigenvalue weighted by Crippen LogP contribution is 2.35. The van der Waals surface area contributed by atoms with Gasteiger partial charge in [-0.3, -0.25) is 0 Å². The summed E-state index contributed by atoms with van der Waals surface area (Å²) in [5, 5.41) is 0. The number of rotatable bonds is 3. The fourth-order valence-corrected chi connectivity index (χ4v) is 1.60. The highest BCUT2D eigenvalue weighted by atomic mass is 19.2. The van der Waals surface area contributed by atoms with Crippen molar-refractivity contribution in [3.05, 3.63) is 23.3 Å². The zero-order chi connectivity index (χ0) is 10.8. The van der Waals surface area contributed by atoms with E-state index in [1.54, 1.807) is 0 Å². The van der Waals surface area contributed by atoms with Crippen molar-refractivity contribution in [1.29, 1.82) is 0 Å². The molecular weight excluding hydrogens is 202 g/mol. The Bertz CT molecular complexity index is 377. The first-order valence-corrected chi connectivity index (χ1v) is 5.00. The average molecular weight is 214 g/mol. The fourth-order valence-electron chi connectivity index (χ4n) is 1.60. The third-order valence-electron chi connectivity index (χ3n) is 2.42. The van der Waals surface area contributed by atoms with Crippen LogP contribution < -0.4 is 9.47 Å². The molecule has 0 aliphatic carbocycles. The first-order chi connectivity index (χ1) is 7.24. The van der Waals surface area contributed by atoms with Crippen LogP contribution in [0.2, 0.25) is 0 Å². The summed E-state index contributed by atoms with van der Waals surface area (Å²) >= 11 is 0. The van der Waals surface area contributed by atoms with Gasteiger partial charge < -0.3 is 9.47 Å². The van der Waals surface area contributed by atoms with Crippen LogP contribution in [0, 0.1) is 11.6 Å². The van der Waals surface area contributed by atoms with E-state index in [1.807, 2.05) is 6.92 Å². The molecule has 15 heavy (non-hydrogen) atoms. The molecule has 2 aliphatic heterocycles. The van der Waals surface area contributed by atoms with E-state index in [-0.39, 0.29) is 18.3 Å². The molecule has 3 rings (SSSR count). The van der Waals surface area contributed by atoms with Crippen LogP contribution in [0.1, 0.15) is 25.3 Å². The zero-order valence-corrected chi connectivity index (χ0v) is 8.48. The third kappa shape index (κ3) is 1.76. The number of hydrogen-bond donors (Lipinski definition) is 0. The Labute approximate surface area is 86.8 Å². The van der Waals surface area contributed by atoms with Gasteiger partial charge in [0.05, 0.1) is 0 Å². The standard InChI is InChI=1S/C11H12F2O2/c1-2-3-4-7-5-8-9(12)10(13)11(7)15-6-14-8/h5H,2-4,6H2,1H3. The predicted octanol–water partition coefficient (Wildman–Crippen LogP) is 3.04. The molecule has 0 aromatic heterocycles. The molecule has 2 nitrogen and oxygen atoms in total. The van der Waals surface area contributed by atoms with Crippen molar-refractivity contribution in [3.8, 4) is 11.5 Å². The van der Waals surface area contributed by atoms with Gasteiger partial charge in [-0.2, -0.15) is 8.78 Å². The number of benzene rings is 1. The monoisotopic (exact) mass is 214 g/mol. The first kappa shape index (κ1) is 10.2. The number of unbranched alkanes of at least 4 members (excludes halogenated alkanes) is 1. The van der Waals surface area contributed by atoms with Crippen LogP contribution in [0.15, 0.2) is 6.07 Å². The molecule has 0 saturated carbocycles. The Morgan fingerprint density at radius 2 is 2.07 bits per heavy atom. The van der Waals surface area contributed by atoms with Crippen LogP contribution in [-0.4, -0.2) is 6.79 Å². The van der Waals surface area contributed by atoms with E-state index >= 15 is 0 Å². The van der Waals surface area contributed by atoms with Crippen molar-refractivity contribution in [2.24, 2.45) is 0 Å². The molecule has 2 aliphatic rings. The van der Waals surface area contributed by atoms with Crippen molar-refractivity contribution >= 4 is 0 Å². The highest BCUT2D eigenvalue weighted by Gasteiger charge is 2.23. The fraction of sp³-hybridized carbons (Fsp3) is 0.455.